The number of nitrogens with zero attached hydrogens (tertiary/aromatic N) is 5. The van der Waals surface area contributed by atoms with Gasteiger partial charge in [0.15, 0.2) is 0 Å². The van der Waals surface area contributed by atoms with E-state index in [1.807, 2.05) is 43.3 Å². The number of fused-ring (bicyclic) bond motifs is 1. The Morgan fingerprint density at radius 3 is 2.70 bits per heavy atom. The summed E-state index contributed by atoms with van der Waals surface area (Å²) < 4.78 is 19.7. The minimum Gasteiger partial charge on any atom is -0.506 e. The summed E-state index contributed by atoms with van der Waals surface area (Å²) in [6.07, 6.45) is 1.72. The molecular formula is C25H26FN5O2. The number of hydrogen-bond acceptors (Lipinski definition) is 7. The number of benzene rings is 2. The lowest BCUT2D eigenvalue weighted by Crippen LogP contribution is -2.33. The quantitative estimate of drug-likeness (QED) is 0.480. The first-order valence-electron chi connectivity index (χ1n) is 11.1. The van der Waals surface area contributed by atoms with Gasteiger partial charge in [-0.25, -0.2) is 9.37 Å². The number of phenolic OH excluding ortho intramolecular Hbond substituents is 1. The van der Waals surface area contributed by atoms with Gasteiger partial charge < -0.3 is 19.4 Å². The summed E-state index contributed by atoms with van der Waals surface area (Å²) >= 11 is 0. The summed E-state index contributed by atoms with van der Waals surface area (Å²) in [5.41, 5.74) is 1.97. The second-order valence-electron chi connectivity index (χ2n) is 8.78. The normalized spacial score (nSPS) is 15.0. The number of phenols is 1. The van der Waals surface area contributed by atoms with Gasteiger partial charge in [0.1, 0.15) is 22.9 Å². The Morgan fingerprint density at radius 2 is 1.91 bits per heavy atom. The number of halogens is 1. The van der Waals surface area contributed by atoms with E-state index in [-0.39, 0.29) is 17.5 Å². The molecule has 0 spiro atoms. The molecule has 0 bridgehead atoms. The smallest absolute Gasteiger partial charge is 0.230 e. The lowest BCUT2D eigenvalue weighted by atomic mass is 9.96. The van der Waals surface area contributed by atoms with Gasteiger partial charge in [-0.15, -0.1) is 0 Å². The Morgan fingerprint density at radius 1 is 1.09 bits per heavy atom. The molecule has 1 fully saturated rings. The molecule has 1 aliphatic rings. The van der Waals surface area contributed by atoms with Crippen LogP contribution >= 0.6 is 0 Å². The van der Waals surface area contributed by atoms with Crippen molar-refractivity contribution in [3.8, 4) is 17.1 Å². The first kappa shape index (κ1) is 21.3. The third kappa shape index (κ3) is 4.39. The fourth-order valence-corrected chi connectivity index (χ4v) is 4.35. The molecule has 2 aromatic heterocycles. The van der Waals surface area contributed by atoms with Crippen molar-refractivity contribution in [2.75, 3.05) is 32.1 Å². The molecule has 0 saturated carbocycles. The Hall–Kier alpha value is -3.52. The van der Waals surface area contributed by atoms with Crippen molar-refractivity contribution in [2.45, 2.75) is 25.3 Å². The van der Waals surface area contributed by atoms with Gasteiger partial charge in [-0.05, 0) is 63.3 Å². The predicted molar refractivity (Wildman–Crippen MR) is 125 cm³/mol. The van der Waals surface area contributed by atoms with Gasteiger partial charge in [0.05, 0.1) is 0 Å². The first-order valence-corrected chi connectivity index (χ1v) is 11.1. The van der Waals surface area contributed by atoms with Gasteiger partial charge in [0.25, 0.3) is 0 Å². The number of rotatable bonds is 5. The minimum atomic E-state index is -0.237. The van der Waals surface area contributed by atoms with E-state index in [2.05, 4.69) is 20.0 Å². The zero-order chi connectivity index (χ0) is 22.9. The summed E-state index contributed by atoms with van der Waals surface area (Å²) in [7, 11) is 3.81. The Bertz CT molecular complexity index is 1280. The zero-order valence-electron chi connectivity index (χ0n) is 18.7. The third-order valence-corrected chi connectivity index (χ3v) is 6.08. The van der Waals surface area contributed by atoms with E-state index in [1.165, 1.54) is 6.07 Å². The number of hydrogen-bond donors (Lipinski definition) is 1. The molecule has 0 unspecified atom stereocenters. The summed E-state index contributed by atoms with van der Waals surface area (Å²) in [6, 6.07) is 14.3. The third-order valence-electron chi connectivity index (χ3n) is 6.08. The first-order chi connectivity index (χ1) is 16.0. The molecule has 8 heteroatoms. The highest BCUT2D eigenvalue weighted by atomic mass is 19.1. The SMILES string of the molecule is CN(C)Cc1cc(-c2noc(C3CCN(c4ccc5cccc(O)c5n4)CC3)n2)ccc1F. The second-order valence-corrected chi connectivity index (χ2v) is 8.78. The van der Waals surface area contributed by atoms with Crippen LogP contribution in [0.15, 0.2) is 53.1 Å². The van der Waals surface area contributed by atoms with Crippen LogP contribution in [0.3, 0.4) is 0 Å². The molecule has 7 nitrogen and oxygen atoms in total. The van der Waals surface area contributed by atoms with Gasteiger partial charge in [-0.1, -0.05) is 17.3 Å². The number of pyridine rings is 1. The largest absolute Gasteiger partial charge is 0.506 e. The van der Waals surface area contributed by atoms with Crippen LogP contribution in [0.4, 0.5) is 10.2 Å². The predicted octanol–water partition coefficient (Wildman–Crippen LogP) is 4.58. The van der Waals surface area contributed by atoms with Crippen LogP contribution in [0.2, 0.25) is 0 Å². The van der Waals surface area contributed by atoms with E-state index in [9.17, 15) is 9.50 Å². The summed E-state index contributed by atoms with van der Waals surface area (Å²) in [4.78, 5) is 13.4. The lowest BCUT2D eigenvalue weighted by Gasteiger charge is -2.31. The van der Waals surface area contributed by atoms with E-state index in [4.69, 9.17) is 4.52 Å². The summed E-state index contributed by atoms with van der Waals surface area (Å²) in [5, 5.41) is 15.2. The van der Waals surface area contributed by atoms with Crippen LogP contribution in [0.25, 0.3) is 22.3 Å². The van der Waals surface area contributed by atoms with Crippen LogP contribution in [0, 0.1) is 5.82 Å². The van der Waals surface area contributed by atoms with Crippen molar-refractivity contribution >= 4 is 16.7 Å². The molecule has 1 N–H and O–H groups in total. The molecule has 1 aliphatic heterocycles. The molecule has 4 aromatic rings. The number of aromatic nitrogens is 3. The van der Waals surface area contributed by atoms with Crippen LogP contribution in [0.5, 0.6) is 5.75 Å². The van der Waals surface area contributed by atoms with Gasteiger partial charge >= 0.3 is 0 Å². The van der Waals surface area contributed by atoms with E-state index in [0.717, 1.165) is 42.7 Å². The van der Waals surface area contributed by atoms with E-state index in [1.54, 1.807) is 18.2 Å². The standard InChI is InChI=1S/C25H26FN5O2/c1-30(2)15-19-14-18(6-8-20(19)26)24-28-25(33-29-24)17-10-12-31(13-11-17)22-9-7-16-4-3-5-21(32)23(16)27-22/h3-9,14,17,32H,10-13,15H2,1-2H3. The van der Waals surface area contributed by atoms with Gasteiger partial charge in [-0.2, -0.15) is 4.98 Å². The Balaban J connectivity index is 1.28. The highest BCUT2D eigenvalue weighted by Crippen LogP contribution is 2.32. The maximum Gasteiger partial charge on any atom is 0.230 e. The summed E-state index contributed by atoms with van der Waals surface area (Å²) in [6.45, 7) is 2.11. The van der Waals surface area contributed by atoms with Crippen LogP contribution in [-0.4, -0.2) is 52.3 Å². The van der Waals surface area contributed by atoms with Crippen molar-refractivity contribution < 1.29 is 14.0 Å². The van der Waals surface area contributed by atoms with E-state index < -0.39 is 0 Å². The fourth-order valence-electron chi connectivity index (χ4n) is 4.35. The van der Waals surface area contributed by atoms with Crippen molar-refractivity contribution in [2.24, 2.45) is 0 Å². The molecule has 1 saturated heterocycles. The molecule has 3 heterocycles. The molecule has 0 aliphatic carbocycles. The number of anilines is 1. The summed E-state index contributed by atoms with van der Waals surface area (Å²) in [5.74, 6) is 2.08. The lowest BCUT2D eigenvalue weighted by molar-refractivity contribution is 0.329. The molecule has 0 radical (unpaired) electrons. The van der Waals surface area contributed by atoms with E-state index >= 15 is 0 Å². The van der Waals surface area contributed by atoms with Crippen LogP contribution in [-0.2, 0) is 6.54 Å². The minimum absolute atomic E-state index is 0.165. The van der Waals surface area contributed by atoms with Gasteiger partial charge in [0.2, 0.25) is 11.7 Å². The number of aromatic hydroxyl groups is 1. The molecular weight excluding hydrogens is 421 g/mol. The van der Waals surface area contributed by atoms with Crippen molar-refractivity contribution in [3.05, 3.63) is 65.8 Å². The van der Waals surface area contributed by atoms with Gasteiger partial charge in [-0.3, -0.25) is 0 Å². The van der Waals surface area contributed by atoms with E-state index in [0.29, 0.717) is 29.3 Å². The zero-order valence-corrected chi connectivity index (χ0v) is 18.7. The highest BCUT2D eigenvalue weighted by molar-refractivity contribution is 5.85. The fraction of sp³-hybridized carbons (Fsp3) is 0.320. The highest BCUT2D eigenvalue weighted by Gasteiger charge is 2.26. The van der Waals surface area contributed by atoms with Crippen LogP contribution in [0.1, 0.15) is 30.2 Å². The number of piperidine rings is 1. The maximum atomic E-state index is 14.1. The molecule has 0 atom stereocenters. The average molecular weight is 448 g/mol. The molecule has 2 aromatic carbocycles. The Kier molecular flexibility index (Phi) is 5.68. The monoisotopic (exact) mass is 447 g/mol. The Labute approximate surface area is 191 Å². The van der Waals surface area contributed by atoms with Crippen molar-refractivity contribution in [3.63, 3.8) is 0 Å². The molecule has 170 valence electrons. The molecule has 5 rings (SSSR count). The average Bonchev–Trinajstić information content (AvgIpc) is 3.31. The van der Waals surface area contributed by atoms with Gasteiger partial charge in [0, 0.05) is 42.1 Å². The molecule has 33 heavy (non-hydrogen) atoms. The number of para-hydroxylation sites is 1. The van der Waals surface area contributed by atoms with Crippen molar-refractivity contribution in [1.29, 1.82) is 0 Å². The topological polar surface area (TPSA) is 78.5 Å². The second kappa shape index (κ2) is 8.78. The molecule has 0 amide bonds. The maximum absolute atomic E-state index is 14.1. The van der Waals surface area contributed by atoms with Crippen molar-refractivity contribution in [1.82, 2.24) is 20.0 Å². The van der Waals surface area contributed by atoms with Crippen LogP contribution < -0.4 is 4.90 Å².